The second kappa shape index (κ2) is 7.78. The molecule has 1 amide bonds. The summed E-state index contributed by atoms with van der Waals surface area (Å²) >= 11 is 0. The zero-order valence-electron chi connectivity index (χ0n) is 13.0. The van der Waals surface area contributed by atoms with Crippen LogP contribution in [0, 0.1) is 5.92 Å². The second-order valence-corrected chi connectivity index (χ2v) is 5.70. The molecule has 0 radical (unpaired) electrons. The Morgan fingerprint density at radius 2 is 2.09 bits per heavy atom. The Hall–Kier alpha value is -2.10. The van der Waals surface area contributed by atoms with Crippen LogP contribution in [-0.4, -0.2) is 28.4 Å². The molecule has 1 saturated heterocycles. The Morgan fingerprint density at radius 1 is 1.36 bits per heavy atom. The van der Waals surface area contributed by atoms with Crippen molar-refractivity contribution in [2.24, 2.45) is 5.92 Å². The fourth-order valence-corrected chi connectivity index (χ4v) is 2.84. The average Bonchev–Trinajstić information content (AvgIpc) is 2.87. The highest BCUT2D eigenvalue weighted by Crippen LogP contribution is 2.26. The molecule has 1 atom stereocenters. The highest BCUT2D eigenvalue weighted by atomic mass is 16.4. The molecule has 1 aliphatic heterocycles. The molecule has 0 bridgehead atoms. The third-order valence-corrected chi connectivity index (χ3v) is 4.11. The van der Waals surface area contributed by atoms with E-state index in [2.05, 4.69) is 6.92 Å². The number of unbranched alkanes of at least 4 members (excludes halogenated alkanes) is 1. The first-order valence-electron chi connectivity index (χ1n) is 7.92. The Kier molecular flexibility index (Phi) is 5.75. The van der Waals surface area contributed by atoms with Crippen molar-refractivity contribution in [1.82, 2.24) is 4.90 Å². The number of carboxylic acids is 1. The quantitative estimate of drug-likeness (QED) is 0.787. The largest absolute Gasteiger partial charge is 0.477 e. The number of nitrogens with zero attached hydrogens (tertiary/aromatic N) is 1. The first-order valence-corrected chi connectivity index (χ1v) is 7.92. The predicted octanol–water partition coefficient (Wildman–Crippen LogP) is 3.24. The van der Waals surface area contributed by atoms with Crippen molar-refractivity contribution in [3.63, 3.8) is 0 Å². The van der Waals surface area contributed by atoms with Gasteiger partial charge in [0.1, 0.15) is 5.70 Å². The average molecular weight is 301 g/mol. The van der Waals surface area contributed by atoms with Gasteiger partial charge in [-0.05, 0) is 30.9 Å². The van der Waals surface area contributed by atoms with Crippen molar-refractivity contribution in [3.8, 4) is 0 Å². The number of amides is 1. The van der Waals surface area contributed by atoms with E-state index in [1.807, 2.05) is 30.3 Å². The van der Waals surface area contributed by atoms with E-state index < -0.39 is 5.97 Å². The molecule has 4 nitrogen and oxygen atoms in total. The summed E-state index contributed by atoms with van der Waals surface area (Å²) in [6.07, 6.45) is 5.86. The molecule has 1 aromatic rings. The molecule has 1 fully saturated rings. The Morgan fingerprint density at radius 3 is 2.73 bits per heavy atom. The minimum Gasteiger partial charge on any atom is -0.477 e. The molecule has 1 aliphatic rings. The summed E-state index contributed by atoms with van der Waals surface area (Å²) < 4.78 is 0. The number of benzene rings is 1. The van der Waals surface area contributed by atoms with Crippen LogP contribution in [0.4, 0.5) is 0 Å². The maximum Gasteiger partial charge on any atom is 0.352 e. The summed E-state index contributed by atoms with van der Waals surface area (Å²) in [6, 6.07) is 9.67. The number of carbonyl (C=O) groups is 2. The summed E-state index contributed by atoms with van der Waals surface area (Å²) in [6.45, 7) is 2.61. The number of hydrogen-bond donors (Lipinski definition) is 1. The lowest BCUT2D eigenvalue weighted by molar-refractivity contribution is -0.139. The van der Waals surface area contributed by atoms with E-state index in [-0.39, 0.29) is 17.5 Å². The Labute approximate surface area is 131 Å². The molecule has 22 heavy (non-hydrogen) atoms. The van der Waals surface area contributed by atoms with Crippen molar-refractivity contribution < 1.29 is 14.7 Å². The van der Waals surface area contributed by atoms with Crippen LogP contribution < -0.4 is 0 Å². The second-order valence-electron chi connectivity index (χ2n) is 5.70. The topological polar surface area (TPSA) is 57.6 Å². The zero-order chi connectivity index (χ0) is 15.9. The number of likely N-dealkylation sites (tertiary alicyclic amines) is 1. The first-order chi connectivity index (χ1) is 10.6. The Bertz CT molecular complexity index is 551. The zero-order valence-corrected chi connectivity index (χ0v) is 13.0. The molecule has 0 spiro atoms. The van der Waals surface area contributed by atoms with Crippen LogP contribution in [-0.2, 0) is 16.0 Å². The van der Waals surface area contributed by atoms with Gasteiger partial charge in [-0.2, -0.15) is 0 Å². The lowest BCUT2D eigenvalue weighted by Crippen LogP contribution is -2.30. The van der Waals surface area contributed by atoms with Gasteiger partial charge in [0.05, 0.1) is 0 Å². The number of allylic oxidation sites excluding steroid dienone is 1. The fraction of sp³-hybridized carbons (Fsp3) is 0.444. The summed E-state index contributed by atoms with van der Waals surface area (Å²) in [4.78, 5) is 25.4. The number of rotatable bonds is 7. The van der Waals surface area contributed by atoms with Gasteiger partial charge in [0.15, 0.2) is 0 Å². The van der Waals surface area contributed by atoms with Crippen LogP contribution >= 0.6 is 0 Å². The lowest BCUT2D eigenvalue weighted by atomic mass is 10.0. The first kappa shape index (κ1) is 16.3. The minimum absolute atomic E-state index is 0.0144. The van der Waals surface area contributed by atoms with Crippen LogP contribution in [0.15, 0.2) is 42.1 Å². The molecule has 0 unspecified atom stereocenters. The maximum absolute atomic E-state index is 12.4. The van der Waals surface area contributed by atoms with Crippen LogP contribution in [0.5, 0.6) is 0 Å². The van der Waals surface area contributed by atoms with E-state index in [0.29, 0.717) is 13.0 Å². The molecule has 1 heterocycles. The normalized spacial score (nSPS) is 18.8. The van der Waals surface area contributed by atoms with Gasteiger partial charge in [0.25, 0.3) is 0 Å². The van der Waals surface area contributed by atoms with Crippen LogP contribution in [0.1, 0.15) is 38.2 Å². The molecule has 4 heteroatoms. The maximum atomic E-state index is 12.4. The van der Waals surface area contributed by atoms with Gasteiger partial charge < -0.3 is 10.0 Å². The third kappa shape index (κ3) is 3.97. The monoisotopic (exact) mass is 301 g/mol. The molecule has 0 aliphatic carbocycles. The van der Waals surface area contributed by atoms with Gasteiger partial charge in [-0.15, -0.1) is 0 Å². The van der Waals surface area contributed by atoms with Crippen LogP contribution in [0.2, 0.25) is 0 Å². The summed E-state index contributed by atoms with van der Waals surface area (Å²) in [7, 11) is 0. The van der Waals surface area contributed by atoms with Gasteiger partial charge in [0, 0.05) is 12.5 Å². The summed E-state index contributed by atoms with van der Waals surface area (Å²) in [5.41, 5.74) is 1.16. The van der Waals surface area contributed by atoms with Crippen molar-refractivity contribution in [2.75, 3.05) is 6.54 Å². The van der Waals surface area contributed by atoms with Crippen molar-refractivity contribution in [3.05, 3.63) is 47.7 Å². The fourth-order valence-electron chi connectivity index (χ4n) is 2.84. The lowest BCUT2D eigenvalue weighted by Gasteiger charge is -2.17. The highest BCUT2D eigenvalue weighted by Gasteiger charge is 2.34. The van der Waals surface area contributed by atoms with E-state index in [1.165, 1.54) is 4.90 Å². The van der Waals surface area contributed by atoms with Crippen molar-refractivity contribution in [1.29, 1.82) is 0 Å². The number of aliphatic carboxylic acids is 1. The van der Waals surface area contributed by atoms with Crippen molar-refractivity contribution >= 4 is 11.9 Å². The molecule has 1 N–H and O–H groups in total. The van der Waals surface area contributed by atoms with Gasteiger partial charge in [0.2, 0.25) is 5.91 Å². The number of carboxylic acid groups (broad SMARTS) is 1. The Balaban J connectivity index is 2.08. The molecular formula is C18H23NO3. The number of carbonyl (C=O) groups excluding carboxylic acids is 1. The summed E-state index contributed by atoms with van der Waals surface area (Å²) in [5, 5.41) is 9.43. The standard InChI is InChI=1S/C18H23NO3/c1-2-3-9-15-12-13-19(17(15)20)16(18(21)22)11-10-14-7-5-4-6-8-14/h4-8,11,15H,2-3,9-10,12-13H2,1H3,(H,21,22)/t15-/m0/s1. The van der Waals surface area contributed by atoms with E-state index in [4.69, 9.17) is 0 Å². The smallest absolute Gasteiger partial charge is 0.352 e. The minimum atomic E-state index is -1.03. The van der Waals surface area contributed by atoms with E-state index >= 15 is 0 Å². The van der Waals surface area contributed by atoms with Crippen LogP contribution in [0.25, 0.3) is 0 Å². The third-order valence-electron chi connectivity index (χ3n) is 4.11. The van der Waals surface area contributed by atoms with Crippen molar-refractivity contribution in [2.45, 2.75) is 39.0 Å². The van der Waals surface area contributed by atoms with Gasteiger partial charge >= 0.3 is 5.97 Å². The van der Waals surface area contributed by atoms with E-state index in [9.17, 15) is 14.7 Å². The molecule has 1 aromatic carbocycles. The van der Waals surface area contributed by atoms with E-state index in [0.717, 1.165) is 31.2 Å². The SMILES string of the molecule is CCCC[C@H]1CCN(C(=CCc2ccccc2)C(=O)O)C1=O. The molecule has 2 rings (SSSR count). The molecule has 0 saturated carbocycles. The van der Waals surface area contributed by atoms with Gasteiger partial charge in [-0.1, -0.05) is 50.1 Å². The van der Waals surface area contributed by atoms with Gasteiger partial charge in [-0.3, -0.25) is 4.79 Å². The van der Waals surface area contributed by atoms with Crippen LogP contribution in [0.3, 0.4) is 0 Å². The van der Waals surface area contributed by atoms with Gasteiger partial charge in [-0.25, -0.2) is 4.79 Å². The molecule has 0 aromatic heterocycles. The molecule has 118 valence electrons. The molecular weight excluding hydrogens is 278 g/mol. The highest BCUT2D eigenvalue weighted by molar-refractivity contribution is 5.94. The van der Waals surface area contributed by atoms with E-state index in [1.54, 1.807) is 6.08 Å². The predicted molar refractivity (Wildman–Crippen MR) is 85.2 cm³/mol. The number of hydrogen-bond acceptors (Lipinski definition) is 2. The summed E-state index contributed by atoms with van der Waals surface area (Å²) in [5.74, 6) is -1.07.